The number of halogens is 1. The van der Waals surface area contributed by atoms with Gasteiger partial charge in [-0.1, -0.05) is 0 Å². The van der Waals surface area contributed by atoms with Gasteiger partial charge < -0.3 is 20.7 Å². The quantitative estimate of drug-likeness (QED) is 0.887. The van der Waals surface area contributed by atoms with Crippen LogP contribution in [0.3, 0.4) is 0 Å². The average molecular weight is 335 g/mol. The van der Waals surface area contributed by atoms with E-state index in [-0.39, 0.29) is 23.6 Å². The molecule has 24 heavy (non-hydrogen) atoms. The van der Waals surface area contributed by atoms with E-state index in [4.69, 9.17) is 10.5 Å². The van der Waals surface area contributed by atoms with Crippen molar-refractivity contribution in [2.24, 2.45) is 5.73 Å². The first-order chi connectivity index (χ1) is 11.3. The molecule has 0 radical (unpaired) electrons. The van der Waals surface area contributed by atoms with Crippen LogP contribution in [0.5, 0.6) is 0 Å². The molecule has 1 aromatic rings. The third kappa shape index (κ3) is 4.19. The smallest absolute Gasteiger partial charge is 0.148 e. The summed E-state index contributed by atoms with van der Waals surface area (Å²) in [4.78, 5) is 2.08. The highest BCUT2D eigenvalue weighted by atomic mass is 19.1. The van der Waals surface area contributed by atoms with Crippen LogP contribution in [-0.2, 0) is 4.74 Å². The van der Waals surface area contributed by atoms with Crippen LogP contribution in [0.1, 0.15) is 46.5 Å². The Morgan fingerprint density at radius 2 is 1.83 bits per heavy atom. The van der Waals surface area contributed by atoms with Crippen molar-refractivity contribution in [1.29, 1.82) is 0 Å². The Kier molecular flexibility index (Phi) is 5.02. The van der Waals surface area contributed by atoms with E-state index < -0.39 is 0 Å². The number of nitrogens with zero attached hydrogens (tertiary/aromatic N) is 1. The molecule has 3 N–H and O–H groups in total. The number of ether oxygens (including phenoxy) is 1. The molecule has 4 nitrogen and oxygen atoms in total. The Morgan fingerprint density at radius 1 is 1.21 bits per heavy atom. The first-order valence-electron chi connectivity index (χ1n) is 9.08. The van der Waals surface area contributed by atoms with Crippen molar-refractivity contribution in [1.82, 2.24) is 0 Å². The summed E-state index contributed by atoms with van der Waals surface area (Å²) in [6.45, 7) is 7.63. The highest BCUT2D eigenvalue weighted by Gasteiger charge is 2.28. The lowest BCUT2D eigenvalue weighted by Crippen LogP contribution is -2.45. The van der Waals surface area contributed by atoms with Gasteiger partial charge in [-0.15, -0.1) is 0 Å². The molecule has 2 aliphatic rings. The number of anilines is 2. The van der Waals surface area contributed by atoms with Crippen LogP contribution < -0.4 is 16.0 Å². The van der Waals surface area contributed by atoms with Crippen LogP contribution >= 0.6 is 0 Å². The summed E-state index contributed by atoms with van der Waals surface area (Å²) in [5.74, 6) is -0.166. The summed E-state index contributed by atoms with van der Waals surface area (Å²) in [6, 6.07) is 5.88. The van der Waals surface area contributed by atoms with E-state index in [9.17, 15) is 4.39 Å². The predicted octanol–water partition coefficient (Wildman–Crippen LogP) is 3.51. The minimum atomic E-state index is -0.166. The van der Waals surface area contributed by atoms with Crippen molar-refractivity contribution in [3.05, 3.63) is 24.0 Å². The minimum absolute atomic E-state index is 0.0446. The molecule has 1 aliphatic carbocycles. The van der Waals surface area contributed by atoms with Gasteiger partial charge in [-0.05, 0) is 64.7 Å². The third-order valence-electron chi connectivity index (χ3n) is 5.21. The van der Waals surface area contributed by atoms with Crippen LogP contribution in [0.2, 0.25) is 0 Å². The molecule has 5 heteroatoms. The Bertz CT molecular complexity index is 558. The third-order valence-corrected chi connectivity index (χ3v) is 5.21. The highest BCUT2D eigenvalue weighted by molar-refractivity contribution is 5.57. The van der Waals surface area contributed by atoms with E-state index in [1.807, 2.05) is 26.0 Å². The molecule has 3 rings (SSSR count). The minimum Gasteiger partial charge on any atom is -0.382 e. The van der Waals surface area contributed by atoms with Gasteiger partial charge in [0.15, 0.2) is 0 Å². The monoisotopic (exact) mass is 335 g/mol. The fourth-order valence-electron chi connectivity index (χ4n) is 3.89. The molecule has 2 unspecified atom stereocenters. The Morgan fingerprint density at radius 3 is 2.42 bits per heavy atom. The van der Waals surface area contributed by atoms with Crippen molar-refractivity contribution in [3.8, 4) is 0 Å². The van der Waals surface area contributed by atoms with Gasteiger partial charge in [-0.25, -0.2) is 4.39 Å². The number of rotatable bonds is 3. The molecule has 0 bridgehead atoms. The van der Waals surface area contributed by atoms with Gasteiger partial charge in [-0.2, -0.15) is 0 Å². The zero-order valence-electron chi connectivity index (χ0n) is 15.0. The first-order valence-corrected chi connectivity index (χ1v) is 9.08. The SMILES string of the molecule is CC1CN(c2ccc(NC3CCC(C)(N)CC3)cc2F)CC(C)O1. The van der Waals surface area contributed by atoms with Gasteiger partial charge in [-0.3, -0.25) is 0 Å². The van der Waals surface area contributed by atoms with E-state index in [0.717, 1.165) is 44.5 Å². The molecule has 0 spiro atoms. The normalized spacial score (nSPS) is 34.2. The van der Waals surface area contributed by atoms with E-state index in [2.05, 4.69) is 17.1 Å². The molecule has 2 atom stereocenters. The Balaban J connectivity index is 1.64. The zero-order chi connectivity index (χ0) is 17.3. The predicted molar refractivity (Wildman–Crippen MR) is 97.1 cm³/mol. The summed E-state index contributed by atoms with van der Waals surface area (Å²) in [5.41, 5.74) is 7.66. The second kappa shape index (κ2) is 6.89. The van der Waals surface area contributed by atoms with Crippen molar-refractivity contribution in [2.45, 2.75) is 70.2 Å². The maximum absolute atomic E-state index is 14.6. The van der Waals surface area contributed by atoms with Crippen LogP contribution in [0.15, 0.2) is 18.2 Å². The number of nitrogens with one attached hydrogen (secondary N) is 1. The fraction of sp³-hybridized carbons (Fsp3) is 0.684. The van der Waals surface area contributed by atoms with Crippen molar-refractivity contribution >= 4 is 11.4 Å². The van der Waals surface area contributed by atoms with Crippen LogP contribution in [0, 0.1) is 5.82 Å². The zero-order valence-corrected chi connectivity index (χ0v) is 15.0. The fourth-order valence-corrected chi connectivity index (χ4v) is 3.89. The maximum atomic E-state index is 14.6. The summed E-state index contributed by atoms with van der Waals surface area (Å²) < 4.78 is 20.4. The number of benzene rings is 1. The first kappa shape index (κ1) is 17.5. The van der Waals surface area contributed by atoms with Crippen molar-refractivity contribution in [2.75, 3.05) is 23.3 Å². The van der Waals surface area contributed by atoms with E-state index in [1.165, 1.54) is 0 Å². The largest absolute Gasteiger partial charge is 0.382 e. The lowest BCUT2D eigenvalue weighted by atomic mass is 9.81. The molecule has 1 aromatic carbocycles. The van der Waals surface area contributed by atoms with Gasteiger partial charge in [0.1, 0.15) is 5.82 Å². The Labute approximate surface area is 144 Å². The van der Waals surface area contributed by atoms with Gasteiger partial charge in [0.25, 0.3) is 0 Å². The molecular formula is C19H30FN3O. The average Bonchev–Trinajstić information content (AvgIpc) is 2.48. The molecule has 0 aromatic heterocycles. The van der Waals surface area contributed by atoms with Crippen LogP contribution in [0.25, 0.3) is 0 Å². The van der Waals surface area contributed by atoms with Gasteiger partial charge >= 0.3 is 0 Å². The van der Waals surface area contributed by atoms with Crippen molar-refractivity contribution < 1.29 is 9.13 Å². The summed E-state index contributed by atoms with van der Waals surface area (Å²) in [5, 5.41) is 3.47. The van der Waals surface area contributed by atoms with Gasteiger partial charge in [0, 0.05) is 30.4 Å². The maximum Gasteiger partial charge on any atom is 0.148 e. The number of hydrogen-bond acceptors (Lipinski definition) is 4. The standard InChI is InChI=1S/C19H30FN3O/c1-13-11-23(12-14(2)24-13)18-5-4-16(10-17(18)20)22-15-6-8-19(3,21)9-7-15/h4-5,10,13-15,22H,6-9,11-12,21H2,1-3H3. The number of morpholine rings is 1. The van der Waals surface area contributed by atoms with E-state index in [0.29, 0.717) is 11.7 Å². The van der Waals surface area contributed by atoms with E-state index in [1.54, 1.807) is 6.07 Å². The molecule has 1 aliphatic heterocycles. The van der Waals surface area contributed by atoms with Crippen molar-refractivity contribution in [3.63, 3.8) is 0 Å². The molecule has 0 amide bonds. The second-order valence-corrected chi connectivity index (χ2v) is 7.90. The molecule has 1 saturated carbocycles. The topological polar surface area (TPSA) is 50.5 Å². The Hall–Kier alpha value is -1.33. The van der Waals surface area contributed by atoms with E-state index >= 15 is 0 Å². The van der Waals surface area contributed by atoms with Gasteiger partial charge in [0.05, 0.1) is 17.9 Å². The van der Waals surface area contributed by atoms with Crippen LogP contribution in [0.4, 0.5) is 15.8 Å². The molecule has 134 valence electrons. The lowest BCUT2D eigenvalue weighted by Gasteiger charge is -2.37. The summed E-state index contributed by atoms with van der Waals surface area (Å²) in [6.07, 6.45) is 4.34. The number of hydrogen-bond donors (Lipinski definition) is 2. The molecule has 1 heterocycles. The molecule has 2 fully saturated rings. The second-order valence-electron chi connectivity index (χ2n) is 7.90. The molecule has 1 saturated heterocycles. The van der Waals surface area contributed by atoms with Crippen LogP contribution in [-0.4, -0.2) is 36.9 Å². The molecular weight excluding hydrogens is 305 g/mol. The number of nitrogens with two attached hydrogens (primary N) is 1. The summed E-state index contributed by atoms with van der Waals surface area (Å²) >= 11 is 0. The highest BCUT2D eigenvalue weighted by Crippen LogP contribution is 2.30. The lowest BCUT2D eigenvalue weighted by molar-refractivity contribution is -0.00539. The summed E-state index contributed by atoms with van der Waals surface area (Å²) in [7, 11) is 0. The van der Waals surface area contributed by atoms with Gasteiger partial charge in [0.2, 0.25) is 0 Å².